The van der Waals surface area contributed by atoms with E-state index in [4.69, 9.17) is 0 Å². The molecule has 0 spiro atoms. The predicted molar refractivity (Wildman–Crippen MR) is 86.2 cm³/mol. The first-order valence-electron chi connectivity index (χ1n) is 7.87. The predicted octanol–water partition coefficient (Wildman–Crippen LogP) is 1.91. The Bertz CT molecular complexity index is 649. The Hall–Kier alpha value is -0.190. The van der Waals surface area contributed by atoms with E-state index in [-0.39, 0.29) is 29.6 Å². The molecule has 1 unspecified atom stereocenters. The molecule has 1 saturated carbocycles. The van der Waals surface area contributed by atoms with Crippen molar-refractivity contribution in [2.45, 2.75) is 55.8 Å². The van der Waals surface area contributed by atoms with Gasteiger partial charge in [0.05, 0.1) is 0 Å². The molecule has 1 fully saturated rings. The summed E-state index contributed by atoms with van der Waals surface area (Å²) in [6.07, 6.45) is 9.05. The van der Waals surface area contributed by atoms with Crippen LogP contribution >= 0.6 is 0 Å². The number of hydrogen-bond acceptors (Lipinski definition) is 2. The van der Waals surface area contributed by atoms with Gasteiger partial charge in [0, 0.05) is 4.90 Å². The Morgan fingerprint density at radius 2 is 1.64 bits per heavy atom. The SMILES string of the molecule is O=S([O-])c1ccc2cccc(C3CCCCCCC3)c2c1.[Na+]. The summed E-state index contributed by atoms with van der Waals surface area (Å²) in [7, 11) is 0. The van der Waals surface area contributed by atoms with Crippen LogP contribution in [0.4, 0.5) is 0 Å². The second kappa shape index (κ2) is 8.60. The van der Waals surface area contributed by atoms with E-state index in [2.05, 4.69) is 18.2 Å². The summed E-state index contributed by atoms with van der Waals surface area (Å²) in [4.78, 5) is 0.390. The molecule has 2 aromatic rings. The van der Waals surface area contributed by atoms with Crippen molar-refractivity contribution in [3.8, 4) is 0 Å². The van der Waals surface area contributed by atoms with E-state index in [0.29, 0.717) is 10.8 Å². The molecule has 0 bridgehead atoms. The molecule has 0 heterocycles. The molecule has 0 radical (unpaired) electrons. The topological polar surface area (TPSA) is 40.1 Å². The van der Waals surface area contributed by atoms with E-state index in [1.54, 1.807) is 6.07 Å². The van der Waals surface area contributed by atoms with Gasteiger partial charge in [0.25, 0.3) is 0 Å². The van der Waals surface area contributed by atoms with Crippen molar-refractivity contribution in [1.29, 1.82) is 0 Å². The molecular weight excluding hydrogens is 303 g/mol. The molecule has 1 aliphatic rings. The van der Waals surface area contributed by atoms with E-state index >= 15 is 0 Å². The summed E-state index contributed by atoms with van der Waals surface area (Å²) in [6, 6.07) is 11.8. The first-order valence-corrected chi connectivity index (χ1v) is 8.95. The van der Waals surface area contributed by atoms with Gasteiger partial charge in [0.2, 0.25) is 0 Å². The average Bonchev–Trinajstić information content (AvgIpc) is 2.46. The van der Waals surface area contributed by atoms with Gasteiger partial charge in [-0.15, -0.1) is 0 Å². The van der Waals surface area contributed by atoms with Crippen LogP contribution in [0.25, 0.3) is 10.8 Å². The van der Waals surface area contributed by atoms with Crippen molar-refractivity contribution in [3.05, 3.63) is 42.0 Å². The van der Waals surface area contributed by atoms with E-state index in [1.807, 2.05) is 12.1 Å². The van der Waals surface area contributed by atoms with Crippen molar-refractivity contribution in [3.63, 3.8) is 0 Å². The maximum Gasteiger partial charge on any atom is 1.00 e. The zero-order valence-electron chi connectivity index (χ0n) is 13.2. The summed E-state index contributed by atoms with van der Waals surface area (Å²) in [5.74, 6) is 0.573. The monoisotopic (exact) mass is 324 g/mol. The van der Waals surface area contributed by atoms with Crippen LogP contribution in [-0.2, 0) is 11.1 Å². The molecule has 1 atom stereocenters. The van der Waals surface area contributed by atoms with E-state index in [0.717, 1.165) is 10.8 Å². The Morgan fingerprint density at radius 1 is 0.955 bits per heavy atom. The van der Waals surface area contributed by atoms with Crippen molar-refractivity contribution < 1.29 is 38.3 Å². The second-order valence-electron chi connectivity index (χ2n) is 6.01. The second-order valence-corrected chi connectivity index (χ2v) is 6.95. The van der Waals surface area contributed by atoms with Crippen LogP contribution in [0.5, 0.6) is 0 Å². The number of rotatable bonds is 2. The maximum atomic E-state index is 11.2. The van der Waals surface area contributed by atoms with Crippen LogP contribution in [0.3, 0.4) is 0 Å². The maximum absolute atomic E-state index is 11.2. The fourth-order valence-corrected chi connectivity index (χ4v) is 3.90. The molecule has 4 heteroatoms. The molecule has 0 saturated heterocycles. The fraction of sp³-hybridized carbons (Fsp3) is 0.444. The molecule has 2 aromatic carbocycles. The van der Waals surface area contributed by atoms with Gasteiger partial charge in [0.15, 0.2) is 0 Å². The number of hydrogen-bond donors (Lipinski definition) is 0. The molecule has 0 aromatic heterocycles. The minimum atomic E-state index is -2.15. The molecule has 0 amide bonds. The zero-order valence-corrected chi connectivity index (χ0v) is 16.0. The number of benzene rings is 2. The third-order valence-corrected chi connectivity index (χ3v) is 5.26. The van der Waals surface area contributed by atoms with Crippen LogP contribution in [0.1, 0.15) is 56.4 Å². The first kappa shape index (κ1) is 18.2. The summed E-state index contributed by atoms with van der Waals surface area (Å²) >= 11 is -2.15. The third-order valence-electron chi connectivity index (χ3n) is 4.62. The Balaban J connectivity index is 0.00000176. The standard InChI is InChI=1S/C18H22O2S.Na/c19-21(20)16-12-11-15-9-6-10-17(18(15)13-16)14-7-4-2-1-3-5-8-14;/h6,9-14H,1-5,7-8H2,(H,19,20);/q;+1/p-1. The summed E-state index contributed by atoms with van der Waals surface area (Å²) in [5, 5.41) is 2.26. The average molecular weight is 324 g/mol. The van der Waals surface area contributed by atoms with Crippen molar-refractivity contribution >= 4 is 21.9 Å². The smallest absolute Gasteiger partial charge is 0.768 e. The van der Waals surface area contributed by atoms with Crippen LogP contribution in [0, 0.1) is 0 Å². The van der Waals surface area contributed by atoms with Gasteiger partial charge in [-0.05, 0) is 58.3 Å². The molecular formula is C18H21NaO2S. The first-order chi connectivity index (χ1) is 10.3. The largest absolute Gasteiger partial charge is 1.00 e. The van der Waals surface area contributed by atoms with Crippen LogP contribution in [0.2, 0.25) is 0 Å². The van der Waals surface area contributed by atoms with Gasteiger partial charge < -0.3 is 4.55 Å². The molecule has 112 valence electrons. The zero-order chi connectivity index (χ0) is 14.7. The van der Waals surface area contributed by atoms with E-state index in [1.165, 1.54) is 50.5 Å². The van der Waals surface area contributed by atoms with Crippen LogP contribution in [0.15, 0.2) is 41.3 Å². The summed E-state index contributed by atoms with van der Waals surface area (Å²) in [6.45, 7) is 0. The van der Waals surface area contributed by atoms with Gasteiger partial charge in [0.1, 0.15) is 0 Å². The Kier molecular flexibility index (Phi) is 7.10. The fourth-order valence-electron chi connectivity index (χ4n) is 3.50. The number of fused-ring (bicyclic) bond motifs is 1. The van der Waals surface area contributed by atoms with Crippen molar-refractivity contribution in [1.82, 2.24) is 0 Å². The van der Waals surface area contributed by atoms with Crippen molar-refractivity contribution in [2.75, 3.05) is 0 Å². The quantitative estimate of drug-likeness (QED) is 0.625. The molecule has 0 aliphatic heterocycles. The summed E-state index contributed by atoms with van der Waals surface area (Å²) < 4.78 is 22.5. The van der Waals surface area contributed by atoms with Crippen molar-refractivity contribution in [2.24, 2.45) is 0 Å². The van der Waals surface area contributed by atoms with Gasteiger partial charge in [-0.1, -0.05) is 56.4 Å². The van der Waals surface area contributed by atoms with Crippen LogP contribution in [-0.4, -0.2) is 8.76 Å². The molecule has 1 aliphatic carbocycles. The minimum Gasteiger partial charge on any atom is -0.768 e. The Morgan fingerprint density at radius 3 is 2.32 bits per heavy atom. The van der Waals surface area contributed by atoms with Gasteiger partial charge in [-0.2, -0.15) is 0 Å². The third kappa shape index (κ3) is 4.21. The Labute approximate surface area is 157 Å². The molecule has 22 heavy (non-hydrogen) atoms. The van der Waals surface area contributed by atoms with Gasteiger partial charge >= 0.3 is 29.6 Å². The van der Waals surface area contributed by atoms with Crippen LogP contribution < -0.4 is 29.6 Å². The minimum absolute atomic E-state index is 0. The molecule has 2 nitrogen and oxygen atoms in total. The van der Waals surface area contributed by atoms with E-state index < -0.39 is 11.1 Å². The normalized spacial score (nSPS) is 18.2. The molecule has 3 rings (SSSR count). The van der Waals surface area contributed by atoms with Gasteiger partial charge in [-0.25, -0.2) is 0 Å². The van der Waals surface area contributed by atoms with Gasteiger partial charge in [-0.3, -0.25) is 4.21 Å². The van der Waals surface area contributed by atoms with E-state index in [9.17, 15) is 8.76 Å². The molecule has 0 N–H and O–H groups in total. The summed E-state index contributed by atoms with van der Waals surface area (Å²) in [5.41, 5.74) is 1.33.